The molecule has 180 valence electrons. The summed E-state index contributed by atoms with van der Waals surface area (Å²) in [6.07, 6.45) is 0. The van der Waals surface area contributed by atoms with Crippen molar-refractivity contribution in [3.63, 3.8) is 0 Å². The van der Waals surface area contributed by atoms with Crippen LogP contribution in [0.1, 0.15) is 19.4 Å². The van der Waals surface area contributed by atoms with Crippen LogP contribution in [0.5, 0.6) is 0 Å². The van der Waals surface area contributed by atoms with Crippen molar-refractivity contribution in [2.24, 2.45) is 0 Å². The van der Waals surface area contributed by atoms with E-state index in [2.05, 4.69) is 10.2 Å². The Hall–Kier alpha value is -2.14. The summed E-state index contributed by atoms with van der Waals surface area (Å²) in [5, 5.41) is 2.91. The summed E-state index contributed by atoms with van der Waals surface area (Å²) >= 11 is 1.41. The minimum Gasteiger partial charge on any atom is -0.378 e. The zero-order valence-corrected chi connectivity index (χ0v) is 20.6. The first-order valence-corrected chi connectivity index (χ1v) is 13.5. The number of morpholine rings is 1. The predicted octanol–water partition coefficient (Wildman–Crippen LogP) is 3.56. The van der Waals surface area contributed by atoms with Crippen molar-refractivity contribution in [3.05, 3.63) is 53.8 Å². The number of carbonyl (C=O) groups excluding carboxylic acids is 1. The van der Waals surface area contributed by atoms with E-state index in [0.29, 0.717) is 50.8 Å². The molecule has 1 fully saturated rings. The lowest BCUT2D eigenvalue weighted by atomic mass is 10.2. The molecule has 0 spiro atoms. The van der Waals surface area contributed by atoms with Gasteiger partial charge < -0.3 is 15.0 Å². The number of carbonyl (C=O) groups is 1. The van der Waals surface area contributed by atoms with Crippen molar-refractivity contribution in [1.82, 2.24) is 4.31 Å². The molecule has 1 aliphatic rings. The summed E-state index contributed by atoms with van der Waals surface area (Å²) in [5.74, 6) is 0.235. The second-order valence-electron chi connectivity index (χ2n) is 7.54. The molecule has 3 rings (SSSR count). The average Bonchev–Trinajstić information content (AvgIpc) is 2.81. The molecule has 0 atom stereocenters. The van der Waals surface area contributed by atoms with Gasteiger partial charge in [0.1, 0.15) is 5.82 Å². The van der Waals surface area contributed by atoms with Crippen LogP contribution in [0.4, 0.5) is 15.8 Å². The number of hydrogen-bond acceptors (Lipinski definition) is 6. The lowest BCUT2D eigenvalue weighted by Gasteiger charge is -2.31. The molecule has 0 aliphatic carbocycles. The fourth-order valence-corrected chi connectivity index (χ4v) is 5.87. The predicted molar refractivity (Wildman–Crippen MR) is 131 cm³/mol. The Labute approximate surface area is 199 Å². The highest BCUT2D eigenvalue weighted by Gasteiger charge is 2.24. The molecule has 10 heteroatoms. The fraction of sp³-hybridized carbons (Fsp3) is 0.435. The van der Waals surface area contributed by atoms with Gasteiger partial charge in [-0.15, -0.1) is 11.8 Å². The van der Waals surface area contributed by atoms with Gasteiger partial charge in [0.15, 0.2) is 0 Å². The van der Waals surface area contributed by atoms with Gasteiger partial charge in [-0.05, 0) is 35.9 Å². The fourth-order valence-electron chi connectivity index (χ4n) is 3.60. The topological polar surface area (TPSA) is 79.0 Å². The van der Waals surface area contributed by atoms with Crippen molar-refractivity contribution in [2.45, 2.75) is 24.5 Å². The standard InChI is InChI=1S/C23H30FN3O4S2/c1-3-27(4-2)33(29,30)20-9-10-22(26-11-13-31-14-12-26)21(15-20)25-23(28)17-32-16-18-5-7-19(24)8-6-18/h5-10,15H,3-4,11-14,16-17H2,1-2H3,(H,25,28). The molecule has 7 nitrogen and oxygen atoms in total. The zero-order valence-electron chi connectivity index (χ0n) is 18.9. The molecule has 1 N–H and O–H groups in total. The van der Waals surface area contributed by atoms with E-state index in [1.54, 1.807) is 44.2 Å². The Bertz CT molecular complexity index is 1040. The molecule has 0 unspecified atom stereocenters. The summed E-state index contributed by atoms with van der Waals surface area (Å²) < 4.78 is 45.9. The lowest BCUT2D eigenvalue weighted by molar-refractivity contribution is -0.113. The minimum atomic E-state index is -3.66. The second kappa shape index (κ2) is 11.8. The van der Waals surface area contributed by atoms with Crippen molar-refractivity contribution < 1.29 is 22.3 Å². The van der Waals surface area contributed by atoms with Crippen LogP contribution >= 0.6 is 11.8 Å². The third kappa shape index (κ3) is 6.69. The highest BCUT2D eigenvalue weighted by Crippen LogP contribution is 2.31. The summed E-state index contributed by atoms with van der Waals surface area (Å²) in [6, 6.07) is 11.1. The number of anilines is 2. The van der Waals surface area contributed by atoms with Gasteiger partial charge >= 0.3 is 0 Å². The van der Waals surface area contributed by atoms with Crippen LogP contribution in [0.2, 0.25) is 0 Å². The number of nitrogens with zero attached hydrogens (tertiary/aromatic N) is 2. The molecule has 1 heterocycles. The molecule has 1 saturated heterocycles. The number of benzene rings is 2. The molecule has 0 saturated carbocycles. The Morgan fingerprint density at radius 1 is 1.12 bits per heavy atom. The van der Waals surface area contributed by atoms with Crippen LogP contribution in [0.3, 0.4) is 0 Å². The van der Waals surface area contributed by atoms with Gasteiger partial charge in [-0.3, -0.25) is 4.79 Å². The summed E-state index contributed by atoms with van der Waals surface area (Å²) in [7, 11) is -3.66. The molecule has 0 radical (unpaired) electrons. The van der Waals surface area contributed by atoms with Gasteiger partial charge in [-0.1, -0.05) is 26.0 Å². The van der Waals surface area contributed by atoms with Crippen molar-refractivity contribution in [3.8, 4) is 0 Å². The molecule has 2 aromatic carbocycles. The number of halogens is 1. The first-order valence-electron chi connectivity index (χ1n) is 10.9. The number of thioether (sulfide) groups is 1. The van der Waals surface area contributed by atoms with Crippen LogP contribution < -0.4 is 10.2 Å². The zero-order chi connectivity index (χ0) is 23.8. The maximum absolute atomic E-state index is 13.1. The van der Waals surface area contributed by atoms with E-state index in [9.17, 15) is 17.6 Å². The van der Waals surface area contributed by atoms with Crippen LogP contribution in [0.15, 0.2) is 47.4 Å². The van der Waals surface area contributed by atoms with Gasteiger partial charge in [0.2, 0.25) is 15.9 Å². The maximum atomic E-state index is 13.1. The first kappa shape index (κ1) is 25.5. The highest BCUT2D eigenvalue weighted by atomic mass is 32.2. The molecular formula is C23H30FN3O4S2. The molecular weight excluding hydrogens is 465 g/mol. The average molecular weight is 496 g/mol. The summed E-state index contributed by atoms with van der Waals surface area (Å²) in [4.78, 5) is 14.9. The second-order valence-corrected chi connectivity index (χ2v) is 10.5. The van der Waals surface area contributed by atoms with Crippen LogP contribution in [0, 0.1) is 5.82 Å². The number of nitrogens with one attached hydrogen (secondary N) is 1. The molecule has 0 bridgehead atoms. The molecule has 33 heavy (non-hydrogen) atoms. The molecule has 1 aliphatic heterocycles. The van der Waals surface area contributed by atoms with Crippen molar-refractivity contribution in [1.29, 1.82) is 0 Å². The SMILES string of the molecule is CCN(CC)S(=O)(=O)c1ccc(N2CCOCC2)c(NC(=O)CSCc2ccc(F)cc2)c1. The number of hydrogen-bond donors (Lipinski definition) is 1. The van der Waals surface area contributed by atoms with E-state index in [0.717, 1.165) is 11.3 Å². The molecule has 1 amide bonds. The van der Waals surface area contributed by atoms with Crippen molar-refractivity contribution in [2.75, 3.05) is 55.4 Å². The van der Waals surface area contributed by atoms with Gasteiger partial charge in [0.05, 0.1) is 35.2 Å². The lowest BCUT2D eigenvalue weighted by Crippen LogP contribution is -2.37. The quantitative estimate of drug-likeness (QED) is 0.543. The van der Waals surface area contributed by atoms with E-state index >= 15 is 0 Å². The Balaban J connectivity index is 1.77. The monoisotopic (exact) mass is 495 g/mol. The smallest absolute Gasteiger partial charge is 0.243 e. The highest BCUT2D eigenvalue weighted by molar-refractivity contribution is 7.99. The van der Waals surface area contributed by atoms with E-state index < -0.39 is 10.0 Å². The van der Waals surface area contributed by atoms with Gasteiger partial charge in [-0.2, -0.15) is 4.31 Å². The number of rotatable bonds is 10. The van der Waals surface area contributed by atoms with Crippen LogP contribution in [0.25, 0.3) is 0 Å². The normalized spacial score (nSPS) is 14.5. The van der Waals surface area contributed by atoms with E-state index in [1.807, 2.05) is 0 Å². The third-order valence-electron chi connectivity index (χ3n) is 5.35. The summed E-state index contributed by atoms with van der Waals surface area (Å²) in [5.41, 5.74) is 2.17. The summed E-state index contributed by atoms with van der Waals surface area (Å²) in [6.45, 7) is 6.78. The van der Waals surface area contributed by atoms with E-state index in [4.69, 9.17) is 4.74 Å². The number of ether oxygens (including phenoxy) is 1. The van der Waals surface area contributed by atoms with Gasteiger partial charge in [-0.25, -0.2) is 12.8 Å². The van der Waals surface area contributed by atoms with E-state index in [1.165, 1.54) is 28.2 Å². The third-order valence-corrected chi connectivity index (χ3v) is 8.40. The van der Waals surface area contributed by atoms with Crippen LogP contribution in [-0.2, 0) is 25.3 Å². The first-order chi connectivity index (χ1) is 15.8. The van der Waals surface area contributed by atoms with Gasteiger partial charge in [0.25, 0.3) is 0 Å². The van der Waals surface area contributed by atoms with Crippen molar-refractivity contribution >= 4 is 39.1 Å². The maximum Gasteiger partial charge on any atom is 0.243 e. The molecule has 2 aromatic rings. The minimum absolute atomic E-state index is 0.150. The molecule has 0 aromatic heterocycles. The number of amides is 1. The van der Waals surface area contributed by atoms with E-state index in [-0.39, 0.29) is 22.4 Å². The van der Waals surface area contributed by atoms with Gasteiger partial charge in [0, 0.05) is 31.9 Å². The Kier molecular flexibility index (Phi) is 9.13. The largest absolute Gasteiger partial charge is 0.378 e. The number of sulfonamides is 1. The Morgan fingerprint density at radius 3 is 2.42 bits per heavy atom. The van der Waals surface area contributed by atoms with Crippen LogP contribution in [-0.4, -0.2) is 63.8 Å². The Morgan fingerprint density at radius 2 is 1.79 bits per heavy atom.